The number of benzene rings is 2. The van der Waals surface area contributed by atoms with Crippen molar-refractivity contribution in [2.45, 2.75) is 27.7 Å². The van der Waals surface area contributed by atoms with Gasteiger partial charge in [0.25, 0.3) is 0 Å². The van der Waals surface area contributed by atoms with Crippen LogP contribution in [0.4, 0.5) is 0 Å². The number of phenols is 2. The maximum absolute atomic E-state index is 10.9. The van der Waals surface area contributed by atoms with Crippen LogP contribution in [0.25, 0.3) is 0 Å². The Morgan fingerprint density at radius 1 is 0.739 bits per heavy atom. The van der Waals surface area contributed by atoms with Crippen molar-refractivity contribution in [1.82, 2.24) is 0 Å². The number of carbonyl (C=O) groups is 2. The molecule has 0 spiro atoms. The van der Waals surface area contributed by atoms with Crippen LogP contribution in [0.5, 0.6) is 11.5 Å². The molecule has 0 aliphatic rings. The zero-order valence-corrected chi connectivity index (χ0v) is 13.9. The number of hydrogen-bond acceptors (Lipinski definition) is 4. The molecule has 0 fully saturated rings. The average Bonchev–Trinajstić information content (AvgIpc) is 2.45. The fourth-order valence-corrected chi connectivity index (χ4v) is 1.89. The van der Waals surface area contributed by atoms with Crippen LogP contribution in [0.3, 0.4) is 0 Å². The fourth-order valence-electron chi connectivity index (χ4n) is 1.89. The molecule has 2 aromatic carbocycles. The van der Waals surface area contributed by atoms with Crippen LogP contribution in [-0.2, 0) is 0 Å². The smallest absolute Gasteiger partial charge is 0.163 e. The van der Waals surface area contributed by atoms with Crippen molar-refractivity contribution >= 4 is 21.7 Å². The third kappa shape index (κ3) is 5.35. The van der Waals surface area contributed by atoms with Gasteiger partial charge >= 0.3 is 0 Å². The van der Waals surface area contributed by atoms with E-state index in [9.17, 15) is 19.8 Å². The molecule has 0 aliphatic carbocycles. The van der Waals surface area contributed by atoms with Crippen LogP contribution in [0.15, 0.2) is 36.4 Å². The van der Waals surface area contributed by atoms with E-state index >= 15 is 0 Å². The van der Waals surface area contributed by atoms with Gasteiger partial charge in [0.05, 0.1) is 11.1 Å². The Kier molecular flexibility index (Phi) is 7.92. The van der Waals surface area contributed by atoms with E-state index in [-0.39, 0.29) is 33.2 Å². The van der Waals surface area contributed by atoms with Gasteiger partial charge in [-0.2, -0.15) is 0 Å². The Hall–Kier alpha value is -2.45. The first-order chi connectivity index (χ1) is 10.3. The van der Waals surface area contributed by atoms with Crippen LogP contribution < -0.4 is 0 Å². The number of phenolic OH excluding ortho intramolecular Hbond substituents is 2. The minimum Gasteiger partial charge on any atom is -0.507 e. The molecule has 0 aromatic heterocycles. The summed E-state index contributed by atoms with van der Waals surface area (Å²) in [6.07, 6.45) is 0. The number of ketones is 2. The van der Waals surface area contributed by atoms with E-state index in [1.807, 2.05) is 0 Å². The van der Waals surface area contributed by atoms with Crippen LogP contribution in [0.1, 0.15) is 45.7 Å². The molecule has 0 unspecified atom stereocenters. The molecule has 2 aromatic rings. The molecule has 0 bridgehead atoms. The molecular weight excluding hydrogens is 289 g/mol. The van der Waals surface area contributed by atoms with Gasteiger partial charge in [-0.15, -0.1) is 0 Å². The summed E-state index contributed by atoms with van der Waals surface area (Å²) >= 11 is 0. The van der Waals surface area contributed by atoms with Gasteiger partial charge in [-0.25, -0.2) is 0 Å². The molecule has 0 heterocycles. The summed E-state index contributed by atoms with van der Waals surface area (Å²) in [5.74, 6) is -0.0163. The van der Waals surface area contributed by atoms with Crippen molar-refractivity contribution in [2.24, 2.45) is 0 Å². The van der Waals surface area contributed by atoms with Crippen molar-refractivity contribution in [1.29, 1.82) is 0 Å². The minimum absolute atomic E-state index is 0. The Bertz CT molecular complexity index is 647. The second-order valence-corrected chi connectivity index (χ2v) is 5.05. The summed E-state index contributed by atoms with van der Waals surface area (Å²) in [6.45, 7) is 6.41. The quantitative estimate of drug-likeness (QED) is 0.658. The third-order valence-corrected chi connectivity index (χ3v) is 3.23. The molecule has 0 saturated carbocycles. The Morgan fingerprint density at radius 2 is 1.04 bits per heavy atom. The van der Waals surface area contributed by atoms with Crippen LogP contribution >= 0.6 is 0 Å². The van der Waals surface area contributed by atoms with Crippen molar-refractivity contribution in [3.05, 3.63) is 58.7 Å². The van der Waals surface area contributed by atoms with Gasteiger partial charge in [0.1, 0.15) is 11.5 Å². The SMILES string of the molecule is CC(=O)c1cccc(C)c1O.CC(=O)c1cccc(C)c1O.[Be]. The summed E-state index contributed by atoms with van der Waals surface area (Å²) < 4.78 is 0. The van der Waals surface area contributed by atoms with Gasteiger partial charge in [0.2, 0.25) is 0 Å². The Morgan fingerprint density at radius 3 is 1.26 bits per heavy atom. The number of Topliss-reactive ketones (excluding diaryl/α,β-unsaturated/α-hetero) is 2. The van der Waals surface area contributed by atoms with Gasteiger partial charge < -0.3 is 10.2 Å². The Balaban J connectivity index is 0.000000403. The molecule has 4 nitrogen and oxygen atoms in total. The van der Waals surface area contributed by atoms with Crippen LogP contribution in [0.2, 0.25) is 0 Å². The first kappa shape index (κ1) is 20.5. The van der Waals surface area contributed by atoms with Gasteiger partial charge in [-0.3, -0.25) is 9.59 Å². The van der Waals surface area contributed by atoms with E-state index in [1.165, 1.54) is 13.8 Å². The molecule has 0 saturated heterocycles. The number of rotatable bonds is 2. The minimum atomic E-state index is -0.105. The van der Waals surface area contributed by atoms with E-state index in [1.54, 1.807) is 50.2 Å². The van der Waals surface area contributed by atoms with E-state index in [2.05, 4.69) is 0 Å². The zero-order chi connectivity index (χ0) is 16.9. The summed E-state index contributed by atoms with van der Waals surface area (Å²) in [4.78, 5) is 21.7. The normalized spacial score (nSPS) is 9.22. The van der Waals surface area contributed by atoms with E-state index in [0.29, 0.717) is 11.1 Å². The largest absolute Gasteiger partial charge is 0.507 e. The summed E-state index contributed by atoms with van der Waals surface area (Å²) in [5.41, 5.74) is 2.26. The van der Waals surface area contributed by atoms with Crippen LogP contribution in [0, 0.1) is 13.8 Å². The molecule has 2 rings (SSSR count). The molecular formula is C18H20BeO4. The van der Waals surface area contributed by atoms with Crippen LogP contribution in [-0.4, -0.2) is 31.9 Å². The summed E-state index contributed by atoms with van der Waals surface area (Å²) in [5, 5.41) is 18.7. The molecule has 23 heavy (non-hydrogen) atoms. The van der Waals surface area contributed by atoms with Crippen molar-refractivity contribution in [3.63, 3.8) is 0 Å². The molecule has 2 N–H and O–H groups in total. The predicted molar refractivity (Wildman–Crippen MR) is 91.5 cm³/mol. The number of para-hydroxylation sites is 2. The molecule has 0 amide bonds. The van der Waals surface area contributed by atoms with E-state index in [4.69, 9.17) is 0 Å². The molecule has 118 valence electrons. The predicted octanol–water partition coefficient (Wildman–Crippen LogP) is 3.43. The second-order valence-electron chi connectivity index (χ2n) is 5.05. The fraction of sp³-hybridized carbons (Fsp3) is 0.222. The number of carbonyl (C=O) groups excluding carboxylic acids is 2. The van der Waals surface area contributed by atoms with Crippen molar-refractivity contribution in [3.8, 4) is 11.5 Å². The summed E-state index contributed by atoms with van der Waals surface area (Å²) in [7, 11) is 0. The molecule has 2 radical (unpaired) electrons. The third-order valence-electron chi connectivity index (χ3n) is 3.23. The van der Waals surface area contributed by atoms with Gasteiger partial charge in [0, 0.05) is 10.1 Å². The maximum atomic E-state index is 10.9. The first-order valence-corrected chi connectivity index (χ1v) is 6.84. The zero-order valence-electron chi connectivity index (χ0n) is 13.9. The first-order valence-electron chi connectivity index (χ1n) is 6.84. The number of hydrogen-bond donors (Lipinski definition) is 2. The van der Waals surface area contributed by atoms with E-state index < -0.39 is 0 Å². The molecule has 0 atom stereocenters. The topological polar surface area (TPSA) is 74.6 Å². The summed E-state index contributed by atoms with van der Waals surface area (Å²) in [6, 6.07) is 10.3. The standard InChI is InChI=1S/2C9H10O2.Be/c2*1-6-4-3-5-8(7(2)10)9(6)11;/h2*3-5,11H,1-2H3;. The average molecular weight is 309 g/mol. The monoisotopic (exact) mass is 309 g/mol. The Labute approximate surface area is 140 Å². The van der Waals surface area contributed by atoms with Crippen molar-refractivity contribution in [2.75, 3.05) is 0 Å². The number of aromatic hydroxyl groups is 2. The van der Waals surface area contributed by atoms with Crippen molar-refractivity contribution < 1.29 is 19.8 Å². The van der Waals surface area contributed by atoms with Gasteiger partial charge in [-0.1, -0.05) is 24.3 Å². The maximum Gasteiger partial charge on any atom is 0.163 e. The molecule has 5 heteroatoms. The second kappa shape index (κ2) is 8.86. The van der Waals surface area contributed by atoms with Gasteiger partial charge in [0.15, 0.2) is 11.6 Å². The molecule has 0 aliphatic heterocycles. The van der Waals surface area contributed by atoms with Gasteiger partial charge in [-0.05, 0) is 51.0 Å². The van der Waals surface area contributed by atoms with E-state index in [0.717, 1.165) is 11.1 Å². The number of aryl methyl sites for hydroxylation is 2.